The molecule has 1 amide bonds. The molecule has 0 spiro atoms. The quantitative estimate of drug-likeness (QED) is 0.880. The van der Waals surface area contributed by atoms with Crippen LogP contribution in [0.2, 0.25) is 0 Å². The number of carbonyl (C=O) groups is 1. The number of piperazine rings is 1. The van der Waals surface area contributed by atoms with Crippen LogP contribution in [0.25, 0.3) is 0 Å². The van der Waals surface area contributed by atoms with E-state index in [1.54, 1.807) is 0 Å². The number of amides is 1. The van der Waals surface area contributed by atoms with Crippen LogP contribution in [0.15, 0.2) is 0 Å². The van der Waals surface area contributed by atoms with Crippen molar-refractivity contribution in [1.82, 2.24) is 19.6 Å². The lowest BCUT2D eigenvalue weighted by Gasteiger charge is -2.36. The van der Waals surface area contributed by atoms with Crippen LogP contribution in [0.3, 0.4) is 0 Å². The molecule has 2 N–H and O–H groups in total. The van der Waals surface area contributed by atoms with Crippen molar-refractivity contribution in [3.8, 4) is 0 Å². The number of aromatic nitrogens is 2. The molecule has 130 valence electrons. The molecule has 6 nitrogen and oxygen atoms in total. The molecule has 0 bridgehead atoms. The van der Waals surface area contributed by atoms with E-state index in [0.29, 0.717) is 5.92 Å². The first-order valence-electron chi connectivity index (χ1n) is 8.55. The summed E-state index contributed by atoms with van der Waals surface area (Å²) >= 11 is 0. The van der Waals surface area contributed by atoms with E-state index >= 15 is 0 Å². The molecule has 1 aliphatic heterocycles. The lowest BCUT2D eigenvalue weighted by Crippen LogP contribution is -2.53. The van der Waals surface area contributed by atoms with E-state index in [2.05, 4.69) is 37.7 Å². The van der Waals surface area contributed by atoms with Crippen LogP contribution in [0.4, 0.5) is 0 Å². The molecule has 0 radical (unpaired) electrons. The first-order valence-corrected chi connectivity index (χ1v) is 8.55. The van der Waals surface area contributed by atoms with Crippen LogP contribution in [-0.2, 0) is 18.4 Å². The summed E-state index contributed by atoms with van der Waals surface area (Å²) in [6, 6.07) is -0.357. The van der Waals surface area contributed by atoms with Gasteiger partial charge in [0.25, 0.3) is 0 Å². The Morgan fingerprint density at radius 2 is 1.83 bits per heavy atom. The summed E-state index contributed by atoms with van der Waals surface area (Å²) < 4.78 is 1.94. The SMILES string of the molecule is Cc1nn(C)c(C)c1CN1CCN(C(=O)[C@@H](N)CC(C)C)CC1. The highest BCUT2D eigenvalue weighted by atomic mass is 16.2. The van der Waals surface area contributed by atoms with E-state index in [1.165, 1.54) is 11.3 Å². The number of aryl methyl sites for hydroxylation is 2. The van der Waals surface area contributed by atoms with Crippen molar-refractivity contribution in [2.45, 2.75) is 46.7 Å². The van der Waals surface area contributed by atoms with Gasteiger partial charge < -0.3 is 10.6 Å². The second-order valence-electron chi connectivity index (χ2n) is 7.11. The molecule has 1 fully saturated rings. The van der Waals surface area contributed by atoms with Gasteiger partial charge in [0.1, 0.15) is 0 Å². The predicted octanol–water partition coefficient (Wildman–Crippen LogP) is 1.05. The van der Waals surface area contributed by atoms with Crippen molar-refractivity contribution in [3.63, 3.8) is 0 Å². The average molecular weight is 321 g/mol. The van der Waals surface area contributed by atoms with Crippen LogP contribution in [0.5, 0.6) is 0 Å². The van der Waals surface area contributed by atoms with E-state index in [0.717, 1.165) is 44.8 Å². The highest BCUT2D eigenvalue weighted by Gasteiger charge is 2.26. The first-order chi connectivity index (χ1) is 10.8. The number of nitrogens with two attached hydrogens (primary N) is 1. The molecule has 0 aromatic carbocycles. The smallest absolute Gasteiger partial charge is 0.239 e. The van der Waals surface area contributed by atoms with Gasteiger partial charge in [-0.2, -0.15) is 5.10 Å². The van der Waals surface area contributed by atoms with Gasteiger partial charge in [-0.25, -0.2) is 0 Å². The van der Waals surface area contributed by atoms with Gasteiger partial charge in [-0.15, -0.1) is 0 Å². The molecular weight excluding hydrogens is 290 g/mol. The van der Waals surface area contributed by atoms with Gasteiger partial charge in [-0.1, -0.05) is 13.8 Å². The van der Waals surface area contributed by atoms with Crippen LogP contribution in [-0.4, -0.2) is 57.7 Å². The van der Waals surface area contributed by atoms with Gasteiger partial charge in [0.05, 0.1) is 11.7 Å². The lowest BCUT2D eigenvalue weighted by molar-refractivity contribution is -0.134. The molecule has 23 heavy (non-hydrogen) atoms. The summed E-state index contributed by atoms with van der Waals surface area (Å²) in [5, 5.41) is 4.48. The van der Waals surface area contributed by atoms with Gasteiger partial charge in [0.2, 0.25) is 5.91 Å². The van der Waals surface area contributed by atoms with E-state index in [-0.39, 0.29) is 11.9 Å². The zero-order chi connectivity index (χ0) is 17.1. The van der Waals surface area contributed by atoms with Gasteiger partial charge >= 0.3 is 0 Å². The fraction of sp³-hybridized carbons (Fsp3) is 0.765. The monoisotopic (exact) mass is 321 g/mol. The van der Waals surface area contributed by atoms with Gasteiger partial charge in [0.15, 0.2) is 0 Å². The van der Waals surface area contributed by atoms with E-state index in [4.69, 9.17) is 5.73 Å². The molecule has 1 atom stereocenters. The number of hydrogen-bond acceptors (Lipinski definition) is 4. The van der Waals surface area contributed by atoms with Crippen LogP contribution in [0, 0.1) is 19.8 Å². The second-order valence-corrected chi connectivity index (χ2v) is 7.11. The first kappa shape index (κ1) is 17.9. The summed E-state index contributed by atoms with van der Waals surface area (Å²) in [6.07, 6.45) is 0.757. The Bertz CT molecular complexity index is 543. The van der Waals surface area contributed by atoms with Crippen molar-refractivity contribution < 1.29 is 4.79 Å². The summed E-state index contributed by atoms with van der Waals surface area (Å²) in [5.74, 6) is 0.554. The summed E-state index contributed by atoms with van der Waals surface area (Å²) in [5.41, 5.74) is 9.66. The van der Waals surface area contributed by atoms with E-state index in [9.17, 15) is 4.79 Å². The van der Waals surface area contributed by atoms with Crippen LogP contribution in [0.1, 0.15) is 37.2 Å². The molecule has 1 aromatic heterocycles. The van der Waals surface area contributed by atoms with Crippen LogP contribution >= 0.6 is 0 Å². The Morgan fingerprint density at radius 3 is 2.30 bits per heavy atom. The maximum Gasteiger partial charge on any atom is 0.239 e. The number of nitrogens with zero attached hydrogens (tertiary/aromatic N) is 4. The number of carbonyl (C=O) groups excluding carboxylic acids is 1. The third-order valence-corrected chi connectivity index (χ3v) is 4.77. The van der Waals surface area contributed by atoms with Gasteiger partial charge in [-0.3, -0.25) is 14.4 Å². The third kappa shape index (κ3) is 4.32. The molecule has 2 rings (SSSR count). The molecular formula is C17H31N5O. The average Bonchev–Trinajstić information content (AvgIpc) is 2.73. The molecule has 0 aliphatic carbocycles. The highest BCUT2D eigenvalue weighted by Crippen LogP contribution is 2.16. The molecule has 1 aliphatic rings. The van der Waals surface area contributed by atoms with Gasteiger partial charge in [-0.05, 0) is 26.2 Å². The Balaban J connectivity index is 1.87. The Hall–Kier alpha value is -1.40. The minimum absolute atomic E-state index is 0.104. The second kappa shape index (κ2) is 7.45. The molecule has 6 heteroatoms. The maximum atomic E-state index is 12.4. The Morgan fingerprint density at radius 1 is 1.22 bits per heavy atom. The highest BCUT2D eigenvalue weighted by molar-refractivity contribution is 5.81. The van der Waals surface area contributed by atoms with E-state index < -0.39 is 0 Å². The summed E-state index contributed by atoms with van der Waals surface area (Å²) in [6.45, 7) is 12.6. The fourth-order valence-corrected chi connectivity index (χ4v) is 3.24. The van der Waals surface area contributed by atoms with Crippen molar-refractivity contribution in [2.24, 2.45) is 18.7 Å². The van der Waals surface area contributed by atoms with Crippen molar-refractivity contribution in [2.75, 3.05) is 26.2 Å². The topological polar surface area (TPSA) is 67.4 Å². The molecule has 0 unspecified atom stereocenters. The normalized spacial score (nSPS) is 17.8. The Labute approximate surface area is 139 Å². The zero-order valence-corrected chi connectivity index (χ0v) is 15.2. The fourth-order valence-electron chi connectivity index (χ4n) is 3.24. The summed E-state index contributed by atoms with van der Waals surface area (Å²) in [7, 11) is 1.98. The predicted molar refractivity (Wildman–Crippen MR) is 92.0 cm³/mol. The van der Waals surface area contributed by atoms with Crippen LogP contribution < -0.4 is 5.73 Å². The van der Waals surface area contributed by atoms with Gasteiger partial charge in [0, 0.05) is 51.0 Å². The standard InChI is InChI=1S/C17H31N5O/c1-12(2)10-16(18)17(23)22-8-6-21(7-9-22)11-15-13(3)19-20(5)14(15)4/h12,16H,6-11,18H2,1-5H3/t16-/m0/s1. The van der Waals surface area contributed by atoms with Crippen molar-refractivity contribution >= 4 is 5.91 Å². The zero-order valence-electron chi connectivity index (χ0n) is 15.2. The van der Waals surface area contributed by atoms with E-state index in [1.807, 2.05) is 16.6 Å². The maximum absolute atomic E-state index is 12.4. The minimum Gasteiger partial charge on any atom is -0.339 e. The molecule has 1 aromatic rings. The third-order valence-electron chi connectivity index (χ3n) is 4.77. The molecule has 2 heterocycles. The lowest BCUT2D eigenvalue weighted by atomic mass is 10.0. The van der Waals surface area contributed by atoms with Crippen molar-refractivity contribution in [1.29, 1.82) is 0 Å². The molecule has 0 saturated carbocycles. The minimum atomic E-state index is -0.357. The largest absolute Gasteiger partial charge is 0.339 e. The van der Waals surface area contributed by atoms with Crippen molar-refractivity contribution in [3.05, 3.63) is 17.0 Å². The number of hydrogen-bond donors (Lipinski definition) is 1. The Kier molecular flexibility index (Phi) is 5.81. The molecule has 1 saturated heterocycles. The number of rotatable bonds is 5. The summed E-state index contributed by atoms with van der Waals surface area (Å²) in [4.78, 5) is 16.7.